The van der Waals surface area contributed by atoms with Crippen LogP contribution in [-0.2, 0) is 30.5 Å². The molecule has 1 aromatic rings. The van der Waals surface area contributed by atoms with E-state index in [4.69, 9.17) is 5.11 Å². The Hall–Kier alpha value is -3.25. The molecule has 7 aliphatic heterocycles. The molecule has 98 heavy (non-hydrogen) atoms. The summed E-state index contributed by atoms with van der Waals surface area (Å²) in [6, 6.07) is 10.5. The summed E-state index contributed by atoms with van der Waals surface area (Å²) in [7, 11) is 8.46. The third-order valence-corrected chi connectivity index (χ3v) is 18.5. The van der Waals surface area contributed by atoms with Crippen molar-refractivity contribution in [3.8, 4) is 0 Å². The Bertz CT molecular complexity index is 1960. The first-order chi connectivity index (χ1) is 39.2. The summed E-state index contributed by atoms with van der Waals surface area (Å²) >= 11 is 0. The van der Waals surface area contributed by atoms with Crippen molar-refractivity contribution in [2.45, 2.75) is 192 Å². The van der Waals surface area contributed by atoms with Crippen molar-refractivity contribution in [3.05, 3.63) is 48.6 Å². The number of carbonyl (C=O) groups excluding carboxylic acids is 5. The van der Waals surface area contributed by atoms with E-state index >= 15 is 0 Å². The molecule has 7 heterocycles. The van der Waals surface area contributed by atoms with Crippen molar-refractivity contribution in [1.82, 2.24) is 44.9 Å². The largest absolute Gasteiger partial charge is 0.412 e. The van der Waals surface area contributed by atoms with Crippen LogP contribution in [0.15, 0.2) is 43.0 Å². The molecule has 19 heteroatoms. The number of aliphatic hydroxyl groups excluding tert-OH is 1. The highest BCUT2D eigenvalue weighted by Crippen LogP contribution is 2.27. The number of hydrogen-bond acceptors (Lipinski definition) is 15. The van der Waals surface area contributed by atoms with Crippen LogP contribution in [0.1, 0.15) is 191 Å². The molecular formula is C79H179N9O10. The number of nitrogens with zero attached hydrogens (tertiary/aromatic N) is 7. The SMILES string of the molecule is C.C.C.C.C.C.C.C.C.C.C.C=CCN1CC(C)C(C(C)=O)C1.CC(=O)C1CN(C)CC1C.CC(=O)C1CN(Cc2ccccc2)CC1C.CC(=O)C1CNCC1C.CC1CN(C)CC1C=O.CC1CN(C)CC1CO.CCN(CC)CC1CN(C)CC1C.CCNCC.O.O.O.O. The van der Waals surface area contributed by atoms with Crippen molar-refractivity contribution in [1.29, 1.82) is 0 Å². The molecule has 0 aliphatic carbocycles. The van der Waals surface area contributed by atoms with E-state index in [9.17, 15) is 24.0 Å². The summed E-state index contributed by atoms with van der Waals surface area (Å²) in [6.07, 6.45) is 2.98. The van der Waals surface area contributed by atoms with Gasteiger partial charge in [0.25, 0.3) is 0 Å². The van der Waals surface area contributed by atoms with Gasteiger partial charge in [0.2, 0.25) is 0 Å². The third-order valence-electron chi connectivity index (χ3n) is 18.5. The van der Waals surface area contributed by atoms with Gasteiger partial charge in [-0.2, -0.15) is 0 Å². The van der Waals surface area contributed by atoms with Gasteiger partial charge in [-0.1, -0.05) is 194 Å². The van der Waals surface area contributed by atoms with Gasteiger partial charge < -0.3 is 66.9 Å². The maximum Gasteiger partial charge on any atom is 0.134 e. The molecule has 0 spiro atoms. The molecule has 14 unspecified atom stereocenters. The first-order valence-electron chi connectivity index (χ1n) is 32.3. The second kappa shape index (κ2) is 72.1. The quantitative estimate of drug-likeness (QED) is 0.102. The highest BCUT2D eigenvalue weighted by Gasteiger charge is 2.34. The van der Waals surface area contributed by atoms with Gasteiger partial charge >= 0.3 is 0 Å². The molecule has 0 amide bonds. The summed E-state index contributed by atoms with van der Waals surface area (Å²) < 4.78 is 0. The minimum Gasteiger partial charge on any atom is -0.412 e. The van der Waals surface area contributed by atoms with Crippen LogP contribution in [-0.4, -0.2) is 256 Å². The lowest BCUT2D eigenvalue weighted by molar-refractivity contribution is -0.122. The summed E-state index contributed by atoms with van der Waals surface area (Å²) in [5, 5.41) is 15.1. The van der Waals surface area contributed by atoms with Crippen LogP contribution in [0, 0.1) is 82.9 Å². The monoisotopic (exact) mass is 1410 g/mol. The summed E-state index contributed by atoms with van der Waals surface area (Å²) in [6.45, 7) is 57.2. The molecule has 7 fully saturated rings. The molecule has 19 nitrogen and oxygen atoms in total. The molecule has 0 bridgehead atoms. The number of likely N-dealkylation sites (tertiary alicyclic amines) is 6. The Morgan fingerprint density at radius 2 is 0.857 bits per heavy atom. The lowest BCUT2D eigenvalue weighted by Crippen LogP contribution is -2.32. The lowest BCUT2D eigenvalue weighted by atomic mass is 9.95. The van der Waals surface area contributed by atoms with Gasteiger partial charge in [0, 0.05) is 141 Å². The molecule has 11 N–H and O–H groups in total. The minimum atomic E-state index is 0. The number of nitrogens with one attached hydrogen (secondary N) is 2. The number of hydrogen-bond donors (Lipinski definition) is 3. The lowest BCUT2D eigenvalue weighted by Gasteiger charge is -2.24. The maximum atomic E-state index is 11.4. The highest BCUT2D eigenvalue weighted by atomic mass is 16.3. The van der Waals surface area contributed by atoms with Crippen molar-refractivity contribution in [2.75, 3.05) is 166 Å². The van der Waals surface area contributed by atoms with Gasteiger partial charge in [-0.25, -0.2) is 0 Å². The number of carbonyl (C=O) groups is 5. The minimum absolute atomic E-state index is 0. The smallest absolute Gasteiger partial charge is 0.134 e. The third kappa shape index (κ3) is 51.0. The van der Waals surface area contributed by atoms with E-state index in [-0.39, 0.29) is 127 Å². The zero-order valence-electron chi connectivity index (χ0n) is 58.5. The molecule has 0 radical (unpaired) electrons. The van der Waals surface area contributed by atoms with E-state index in [1.54, 1.807) is 27.7 Å². The first-order valence-corrected chi connectivity index (χ1v) is 32.3. The van der Waals surface area contributed by atoms with Gasteiger partial charge in [-0.3, -0.25) is 29.0 Å². The van der Waals surface area contributed by atoms with Crippen molar-refractivity contribution >= 4 is 29.4 Å². The van der Waals surface area contributed by atoms with E-state index in [1.807, 2.05) is 12.1 Å². The Kier molecular flexibility index (Phi) is 96.4. The van der Waals surface area contributed by atoms with Gasteiger partial charge in [0.1, 0.15) is 29.4 Å². The predicted octanol–water partition coefficient (Wildman–Crippen LogP) is 11.3. The van der Waals surface area contributed by atoms with Crippen LogP contribution in [0.3, 0.4) is 0 Å². The van der Waals surface area contributed by atoms with Gasteiger partial charge in [-0.05, 0) is 147 Å². The van der Waals surface area contributed by atoms with Crippen LogP contribution in [0.2, 0.25) is 0 Å². The van der Waals surface area contributed by atoms with E-state index < -0.39 is 0 Å². The number of Topliss-reactive ketones (excluding diaryl/α,β-unsaturated/α-hetero) is 4. The zero-order chi connectivity index (χ0) is 62.9. The molecule has 8 rings (SSSR count). The summed E-state index contributed by atoms with van der Waals surface area (Å²) in [5.74, 6) is 8.35. The number of benzene rings is 1. The molecular weight excluding hydrogens is 1230 g/mol. The summed E-state index contributed by atoms with van der Waals surface area (Å²) in [5.41, 5.74) is 1.33. The number of aldehydes is 1. The van der Waals surface area contributed by atoms with E-state index in [1.165, 1.54) is 38.3 Å². The molecule has 7 saturated heterocycles. The van der Waals surface area contributed by atoms with Crippen molar-refractivity contribution in [3.63, 3.8) is 0 Å². The van der Waals surface area contributed by atoms with Crippen LogP contribution in [0.25, 0.3) is 0 Å². The molecule has 7 aliphatic rings. The number of aliphatic hydroxyl groups is 1. The molecule has 0 saturated carbocycles. The normalized spacial score (nSPS) is 26.0. The van der Waals surface area contributed by atoms with Gasteiger partial charge in [-0.15, -0.1) is 6.58 Å². The Morgan fingerprint density at radius 3 is 1.11 bits per heavy atom. The topological polar surface area (TPSA) is 278 Å². The highest BCUT2D eigenvalue weighted by molar-refractivity contribution is 5.80. The molecule has 600 valence electrons. The van der Waals surface area contributed by atoms with E-state index in [0.717, 1.165) is 123 Å². The molecule has 14 atom stereocenters. The van der Waals surface area contributed by atoms with E-state index in [0.29, 0.717) is 77.1 Å². The Morgan fingerprint density at radius 1 is 0.490 bits per heavy atom. The second-order valence-corrected chi connectivity index (χ2v) is 26.4. The van der Waals surface area contributed by atoms with Crippen LogP contribution in [0.4, 0.5) is 0 Å². The Balaban J connectivity index is -0.0000000613. The van der Waals surface area contributed by atoms with Crippen molar-refractivity contribution < 1.29 is 51.0 Å². The fraction of sp³-hybridized carbons (Fsp3) is 0.835. The Labute approximate surface area is 611 Å². The van der Waals surface area contributed by atoms with Crippen LogP contribution in [0.5, 0.6) is 0 Å². The maximum absolute atomic E-state index is 11.4. The number of ketones is 4. The fourth-order valence-electron chi connectivity index (χ4n) is 13.1. The summed E-state index contributed by atoms with van der Waals surface area (Å²) in [4.78, 5) is 71.1. The fourth-order valence-corrected chi connectivity index (χ4v) is 13.1. The van der Waals surface area contributed by atoms with Crippen LogP contribution < -0.4 is 10.6 Å². The average Bonchev–Trinajstić information content (AvgIpc) is 1.95. The predicted molar refractivity (Wildman–Crippen MR) is 436 cm³/mol. The number of rotatable bonds is 16. The second-order valence-electron chi connectivity index (χ2n) is 26.4. The molecule has 1 aromatic carbocycles. The van der Waals surface area contributed by atoms with E-state index in [2.05, 4.69) is 180 Å². The zero-order valence-corrected chi connectivity index (χ0v) is 58.5. The average molecular weight is 1420 g/mol. The van der Waals surface area contributed by atoms with Crippen LogP contribution >= 0.6 is 0 Å². The van der Waals surface area contributed by atoms with Gasteiger partial charge in [0.15, 0.2) is 0 Å². The van der Waals surface area contributed by atoms with Crippen molar-refractivity contribution in [2.24, 2.45) is 82.9 Å². The molecule has 0 aromatic heterocycles. The first kappa shape index (κ1) is 131. The standard InChI is InChI=1S/C14H19NO.C11H24N2.C10H17NO.C8H15NO.C7H15NO.2C7H13NO.C4H11N.11CH4.4H2O/c1-11-8-15(10-14(11)12(2)16)9-13-6-4-3-5-7-13;1-5-13(6-2)9-11-8-12(4)7-10(11)3;1-4-5-11-6-8(2)10(7-11)9(3)12;1-6-4-9(3)5-8(6)7(2)10;2*1-6-3-8(2)4-7(6)5-9;1-5-3-8-4-7(5)6(2)9;1-3-5-4-2;;;;;;;;;;;;;;;/h3-7,11,14H,8-10H2,1-2H3;10-11H,5-9H2,1-4H3;4,8,10H,1,5-7H2,2-3H3;6,8H,4-5H2,1-3H3;6-7,9H,3-5H2,1-2H3;5-7H,3-4H2,1-2H3;5,7-8H,3-4H2,1-2H3;5H,3-4H2,1-2H3;11*1H4;4*1H2. The van der Waals surface area contributed by atoms with Gasteiger partial charge in [0.05, 0.1) is 0 Å².